The predicted molar refractivity (Wildman–Crippen MR) is 90.3 cm³/mol. The zero-order valence-electron chi connectivity index (χ0n) is 15.1. The first-order valence-electron chi connectivity index (χ1n) is 8.98. The summed E-state index contributed by atoms with van der Waals surface area (Å²) in [5, 5.41) is 23.5. The second-order valence-electron chi connectivity index (χ2n) is 7.86. The molecule has 1 fully saturated rings. The Kier molecular flexibility index (Phi) is 8.33. The highest BCUT2D eigenvalue weighted by Gasteiger charge is 2.32. The number of hydrogen-bond donors (Lipinski definition) is 3. The van der Waals surface area contributed by atoms with Crippen LogP contribution in [0.1, 0.15) is 66.7 Å². The summed E-state index contributed by atoms with van der Waals surface area (Å²) >= 11 is 0. The number of aliphatic hydroxyl groups is 2. The fourth-order valence-corrected chi connectivity index (χ4v) is 2.98. The number of rotatable bonds is 9. The van der Waals surface area contributed by atoms with Gasteiger partial charge in [0.1, 0.15) is 6.23 Å². The monoisotopic (exact) mass is 315 g/mol. The van der Waals surface area contributed by atoms with Gasteiger partial charge in [0, 0.05) is 12.0 Å². The van der Waals surface area contributed by atoms with Crippen molar-refractivity contribution in [2.24, 2.45) is 23.2 Å². The highest BCUT2D eigenvalue weighted by atomic mass is 16.6. The van der Waals surface area contributed by atoms with Gasteiger partial charge in [-0.3, -0.25) is 5.32 Å². The molecular formula is C18H37NO3. The molecule has 22 heavy (non-hydrogen) atoms. The largest absolute Gasteiger partial charge is 0.378 e. The molecule has 0 radical (unpaired) electrons. The molecule has 1 aliphatic carbocycles. The first-order chi connectivity index (χ1) is 10.3. The highest BCUT2D eigenvalue weighted by Crippen LogP contribution is 2.31. The lowest BCUT2D eigenvalue weighted by Crippen LogP contribution is -2.42. The van der Waals surface area contributed by atoms with Crippen LogP contribution >= 0.6 is 0 Å². The van der Waals surface area contributed by atoms with Gasteiger partial charge in [-0.2, -0.15) is 0 Å². The van der Waals surface area contributed by atoms with Crippen molar-refractivity contribution < 1.29 is 14.9 Å². The molecule has 0 bridgehead atoms. The summed E-state index contributed by atoms with van der Waals surface area (Å²) < 4.78 is 5.53. The lowest BCUT2D eigenvalue weighted by Gasteiger charge is -2.34. The standard InChI is InChI=1S/C18H37NO3/c1-13(2)18(4,5)17(21)22-12-11-19-16(20)14(3)15-9-7-6-8-10-15/h13-17,19-21H,6-12H2,1-5H3. The van der Waals surface area contributed by atoms with E-state index in [9.17, 15) is 10.2 Å². The molecule has 1 aliphatic rings. The van der Waals surface area contributed by atoms with E-state index in [0.29, 0.717) is 25.0 Å². The Morgan fingerprint density at radius 2 is 1.68 bits per heavy atom. The van der Waals surface area contributed by atoms with Crippen LogP contribution in [0.15, 0.2) is 0 Å². The number of aliphatic hydroxyl groups excluding tert-OH is 2. The quantitative estimate of drug-likeness (QED) is 0.452. The topological polar surface area (TPSA) is 61.7 Å². The molecule has 0 aromatic carbocycles. The Morgan fingerprint density at radius 1 is 1.09 bits per heavy atom. The Balaban J connectivity index is 2.23. The van der Waals surface area contributed by atoms with Crippen LogP contribution in [-0.4, -0.2) is 35.9 Å². The molecule has 0 heterocycles. The third kappa shape index (κ3) is 5.80. The van der Waals surface area contributed by atoms with Crippen molar-refractivity contribution in [2.45, 2.75) is 79.2 Å². The van der Waals surface area contributed by atoms with Crippen LogP contribution < -0.4 is 5.32 Å². The highest BCUT2D eigenvalue weighted by molar-refractivity contribution is 4.77. The third-order valence-electron chi connectivity index (χ3n) is 5.75. The number of nitrogens with one attached hydrogen (secondary N) is 1. The zero-order chi connectivity index (χ0) is 16.8. The van der Waals surface area contributed by atoms with Gasteiger partial charge in [-0.05, 0) is 17.8 Å². The predicted octanol–water partition coefficient (Wildman–Crippen LogP) is 3.13. The molecule has 3 atom stereocenters. The van der Waals surface area contributed by atoms with Crippen molar-refractivity contribution in [1.82, 2.24) is 5.32 Å². The minimum atomic E-state index is -0.776. The van der Waals surface area contributed by atoms with Crippen LogP contribution in [-0.2, 0) is 4.74 Å². The average Bonchev–Trinajstić information content (AvgIpc) is 2.50. The smallest absolute Gasteiger partial charge is 0.159 e. The lowest BCUT2D eigenvalue weighted by molar-refractivity contribution is -0.177. The van der Waals surface area contributed by atoms with Gasteiger partial charge in [-0.1, -0.05) is 66.7 Å². The lowest BCUT2D eigenvalue weighted by atomic mass is 9.80. The van der Waals surface area contributed by atoms with Gasteiger partial charge in [-0.25, -0.2) is 0 Å². The molecule has 0 aliphatic heterocycles. The van der Waals surface area contributed by atoms with E-state index in [2.05, 4.69) is 26.1 Å². The van der Waals surface area contributed by atoms with Gasteiger partial charge >= 0.3 is 0 Å². The molecule has 0 aromatic heterocycles. The number of ether oxygens (including phenoxy) is 1. The van der Waals surface area contributed by atoms with E-state index in [1.165, 1.54) is 32.1 Å². The number of hydrogen-bond acceptors (Lipinski definition) is 4. The van der Waals surface area contributed by atoms with Gasteiger partial charge in [0.05, 0.1) is 6.61 Å². The van der Waals surface area contributed by atoms with E-state index in [0.717, 1.165) is 0 Å². The van der Waals surface area contributed by atoms with Crippen LogP contribution in [0.2, 0.25) is 0 Å². The molecule has 4 heteroatoms. The van der Waals surface area contributed by atoms with E-state index in [1.54, 1.807) is 0 Å². The summed E-state index contributed by atoms with van der Waals surface area (Å²) in [5.74, 6) is 1.24. The van der Waals surface area contributed by atoms with Crippen LogP contribution in [0.4, 0.5) is 0 Å². The second kappa shape index (κ2) is 9.21. The van der Waals surface area contributed by atoms with Crippen LogP contribution in [0, 0.1) is 23.2 Å². The van der Waals surface area contributed by atoms with Gasteiger partial charge < -0.3 is 14.9 Å². The summed E-state index contributed by atoms with van der Waals surface area (Å²) in [4.78, 5) is 0. The van der Waals surface area contributed by atoms with E-state index >= 15 is 0 Å². The maximum absolute atomic E-state index is 10.3. The van der Waals surface area contributed by atoms with Crippen LogP contribution in [0.3, 0.4) is 0 Å². The first-order valence-corrected chi connectivity index (χ1v) is 8.98. The second-order valence-corrected chi connectivity index (χ2v) is 7.86. The van der Waals surface area contributed by atoms with Crippen molar-refractivity contribution in [3.8, 4) is 0 Å². The minimum Gasteiger partial charge on any atom is -0.378 e. The molecule has 132 valence electrons. The summed E-state index contributed by atoms with van der Waals surface area (Å²) in [6.45, 7) is 11.3. The first kappa shape index (κ1) is 19.9. The molecule has 0 spiro atoms. The molecule has 4 nitrogen and oxygen atoms in total. The van der Waals surface area contributed by atoms with Crippen LogP contribution in [0.25, 0.3) is 0 Å². The maximum atomic E-state index is 10.3. The van der Waals surface area contributed by atoms with Crippen LogP contribution in [0.5, 0.6) is 0 Å². The fourth-order valence-electron chi connectivity index (χ4n) is 2.98. The normalized spacial score (nSPS) is 21.8. The minimum absolute atomic E-state index is 0.270. The molecule has 3 unspecified atom stereocenters. The summed E-state index contributed by atoms with van der Waals surface area (Å²) in [6, 6.07) is 0. The summed E-state index contributed by atoms with van der Waals surface area (Å²) in [7, 11) is 0. The molecular weight excluding hydrogens is 278 g/mol. The van der Waals surface area contributed by atoms with Crippen molar-refractivity contribution in [3.63, 3.8) is 0 Å². The van der Waals surface area contributed by atoms with Crippen molar-refractivity contribution in [3.05, 3.63) is 0 Å². The fraction of sp³-hybridized carbons (Fsp3) is 1.00. The van der Waals surface area contributed by atoms with Gasteiger partial charge in [0.25, 0.3) is 0 Å². The Bertz CT molecular complexity index is 301. The third-order valence-corrected chi connectivity index (χ3v) is 5.75. The van der Waals surface area contributed by atoms with E-state index < -0.39 is 12.5 Å². The van der Waals surface area contributed by atoms with Gasteiger partial charge in [0.2, 0.25) is 0 Å². The molecule has 0 saturated heterocycles. The molecule has 1 rings (SSSR count). The Morgan fingerprint density at radius 3 is 2.23 bits per heavy atom. The zero-order valence-corrected chi connectivity index (χ0v) is 15.1. The SMILES string of the molecule is CC(C1CCCCC1)C(O)NCCOC(O)C(C)(C)C(C)C. The summed E-state index contributed by atoms with van der Waals surface area (Å²) in [6.07, 6.45) is 5.13. The Labute approximate surface area is 136 Å². The molecule has 0 amide bonds. The molecule has 1 saturated carbocycles. The van der Waals surface area contributed by atoms with Crippen molar-refractivity contribution in [2.75, 3.05) is 13.2 Å². The molecule has 3 N–H and O–H groups in total. The van der Waals surface area contributed by atoms with E-state index in [-0.39, 0.29) is 11.3 Å². The molecule has 0 aromatic rings. The Hall–Kier alpha value is -0.160. The van der Waals surface area contributed by atoms with Crippen molar-refractivity contribution >= 4 is 0 Å². The van der Waals surface area contributed by atoms with E-state index in [1.807, 2.05) is 13.8 Å². The van der Waals surface area contributed by atoms with E-state index in [4.69, 9.17) is 4.74 Å². The summed E-state index contributed by atoms with van der Waals surface area (Å²) in [5.41, 5.74) is -0.270. The average molecular weight is 315 g/mol. The van der Waals surface area contributed by atoms with Crippen molar-refractivity contribution in [1.29, 1.82) is 0 Å². The van der Waals surface area contributed by atoms with Gasteiger partial charge in [0.15, 0.2) is 6.29 Å². The van der Waals surface area contributed by atoms with Gasteiger partial charge in [-0.15, -0.1) is 0 Å². The maximum Gasteiger partial charge on any atom is 0.159 e.